The van der Waals surface area contributed by atoms with Gasteiger partial charge in [0.15, 0.2) is 0 Å². The van der Waals surface area contributed by atoms with Gasteiger partial charge in [-0.2, -0.15) is 0 Å². The largest absolute Gasteiger partial charge is 0.493 e. The summed E-state index contributed by atoms with van der Waals surface area (Å²) in [7, 11) is 1.81. The van der Waals surface area contributed by atoms with Crippen LogP contribution in [0.25, 0.3) is 0 Å². The average molecular weight is 271 g/mol. The molecule has 1 aromatic heterocycles. The number of para-hydroxylation sites is 1. The van der Waals surface area contributed by atoms with Gasteiger partial charge in [-0.3, -0.25) is 4.79 Å². The van der Waals surface area contributed by atoms with E-state index in [1.165, 1.54) is 0 Å². The summed E-state index contributed by atoms with van der Waals surface area (Å²) in [5.41, 5.74) is 0.982. The van der Waals surface area contributed by atoms with E-state index in [4.69, 9.17) is 4.74 Å². The molecule has 1 aromatic carbocycles. The summed E-state index contributed by atoms with van der Waals surface area (Å²) < 4.78 is 5.60. The molecule has 1 aliphatic heterocycles. The maximum atomic E-state index is 12.6. The van der Waals surface area contributed by atoms with Crippen LogP contribution in [-0.4, -0.2) is 34.4 Å². The van der Waals surface area contributed by atoms with Gasteiger partial charge < -0.3 is 14.6 Å². The molecule has 2 aromatic rings. The predicted octanol–water partition coefficient (Wildman–Crippen LogP) is 1.93. The van der Waals surface area contributed by atoms with Crippen LogP contribution in [-0.2, 0) is 11.3 Å². The topological polar surface area (TPSA) is 58.2 Å². The number of likely N-dealkylation sites (N-methyl/N-ethyl adjacent to an activating group) is 1. The lowest BCUT2D eigenvalue weighted by Crippen LogP contribution is -2.34. The zero-order chi connectivity index (χ0) is 13.9. The Morgan fingerprint density at radius 2 is 2.35 bits per heavy atom. The van der Waals surface area contributed by atoms with Crippen molar-refractivity contribution >= 4 is 5.91 Å². The lowest BCUT2D eigenvalue weighted by molar-refractivity contribution is -0.132. The number of amides is 1. The van der Waals surface area contributed by atoms with E-state index in [9.17, 15) is 4.79 Å². The standard InChI is InChI=1S/C15H17N3O2/c1-18(10-14-16-7-8-17-14)15(19)12-6-9-20-13-5-3-2-4-11(12)13/h2-5,7-8,12H,6,9-10H2,1H3,(H,16,17). The minimum atomic E-state index is -0.125. The first kappa shape index (κ1) is 12.7. The van der Waals surface area contributed by atoms with E-state index in [1.54, 1.807) is 17.3 Å². The van der Waals surface area contributed by atoms with Crippen molar-refractivity contribution in [3.8, 4) is 5.75 Å². The number of nitrogens with one attached hydrogen (secondary N) is 1. The molecule has 0 spiro atoms. The molecule has 1 unspecified atom stereocenters. The molecular weight excluding hydrogens is 254 g/mol. The Balaban J connectivity index is 1.77. The van der Waals surface area contributed by atoms with Gasteiger partial charge in [0.2, 0.25) is 5.91 Å². The van der Waals surface area contributed by atoms with Crippen molar-refractivity contribution in [1.29, 1.82) is 0 Å². The number of hydrogen-bond donors (Lipinski definition) is 1. The number of aromatic nitrogens is 2. The van der Waals surface area contributed by atoms with Gasteiger partial charge in [0.05, 0.1) is 19.1 Å². The molecule has 104 valence electrons. The third kappa shape index (κ3) is 2.39. The smallest absolute Gasteiger partial charge is 0.230 e. The second kappa shape index (κ2) is 5.36. The Morgan fingerprint density at radius 1 is 1.50 bits per heavy atom. The van der Waals surface area contributed by atoms with Crippen LogP contribution in [0.15, 0.2) is 36.7 Å². The van der Waals surface area contributed by atoms with Crippen LogP contribution in [0.5, 0.6) is 5.75 Å². The molecule has 0 radical (unpaired) electrons. The summed E-state index contributed by atoms with van der Waals surface area (Å²) in [6, 6.07) is 7.76. The van der Waals surface area contributed by atoms with Crippen LogP contribution < -0.4 is 4.74 Å². The van der Waals surface area contributed by atoms with Crippen LogP contribution >= 0.6 is 0 Å². The van der Waals surface area contributed by atoms with E-state index in [-0.39, 0.29) is 11.8 Å². The fraction of sp³-hybridized carbons (Fsp3) is 0.333. The first-order chi connectivity index (χ1) is 9.75. The molecule has 5 heteroatoms. The van der Waals surface area contributed by atoms with Crippen LogP contribution in [0.2, 0.25) is 0 Å². The van der Waals surface area contributed by atoms with E-state index in [1.807, 2.05) is 31.3 Å². The molecule has 1 N–H and O–H groups in total. The van der Waals surface area contributed by atoms with Crippen LogP contribution in [0.3, 0.4) is 0 Å². The van der Waals surface area contributed by atoms with Crippen molar-refractivity contribution in [3.63, 3.8) is 0 Å². The summed E-state index contributed by atoms with van der Waals surface area (Å²) >= 11 is 0. The van der Waals surface area contributed by atoms with E-state index in [2.05, 4.69) is 9.97 Å². The van der Waals surface area contributed by atoms with Gasteiger partial charge in [0.1, 0.15) is 11.6 Å². The molecule has 2 heterocycles. The highest BCUT2D eigenvalue weighted by molar-refractivity contribution is 5.84. The van der Waals surface area contributed by atoms with Gasteiger partial charge in [0.25, 0.3) is 0 Å². The molecule has 0 fully saturated rings. The molecule has 1 aliphatic rings. The summed E-state index contributed by atoms with van der Waals surface area (Å²) in [6.07, 6.45) is 4.17. The highest BCUT2D eigenvalue weighted by atomic mass is 16.5. The highest BCUT2D eigenvalue weighted by Crippen LogP contribution is 2.34. The second-order valence-electron chi connectivity index (χ2n) is 4.96. The Labute approximate surface area is 117 Å². The normalized spacial score (nSPS) is 17.1. The summed E-state index contributed by atoms with van der Waals surface area (Å²) in [5.74, 6) is 1.60. The predicted molar refractivity (Wildman–Crippen MR) is 74.4 cm³/mol. The SMILES string of the molecule is CN(Cc1ncc[nH]1)C(=O)C1CCOc2ccccc21. The quantitative estimate of drug-likeness (QED) is 0.928. The van der Waals surface area contributed by atoms with E-state index in [0.717, 1.165) is 23.6 Å². The first-order valence-electron chi connectivity index (χ1n) is 6.70. The Morgan fingerprint density at radius 3 is 3.15 bits per heavy atom. The highest BCUT2D eigenvalue weighted by Gasteiger charge is 2.29. The maximum absolute atomic E-state index is 12.6. The molecule has 20 heavy (non-hydrogen) atoms. The molecule has 3 rings (SSSR count). The molecule has 5 nitrogen and oxygen atoms in total. The molecular formula is C15H17N3O2. The number of carbonyl (C=O) groups excluding carboxylic acids is 1. The minimum Gasteiger partial charge on any atom is -0.493 e. The van der Waals surface area contributed by atoms with Crippen LogP contribution in [0.1, 0.15) is 23.7 Å². The number of ether oxygens (including phenoxy) is 1. The van der Waals surface area contributed by atoms with Gasteiger partial charge >= 0.3 is 0 Å². The number of fused-ring (bicyclic) bond motifs is 1. The monoisotopic (exact) mass is 271 g/mol. The Bertz CT molecular complexity index is 595. The Kier molecular flexibility index (Phi) is 3.41. The van der Waals surface area contributed by atoms with Gasteiger partial charge in [0, 0.05) is 25.0 Å². The lowest BCUT2D eigenvalue weighted by atomic mass is 9.92. The maximum Gasteiger partial charge on any atom is 0.230 e. The molecule has 0 saturated carbocycles. The molecule has 0 saturated heterocycles. The number of imidazole rings is 1. The van der Waals surface area contributed by atoms with Crippen molar-refractivity contribution in [2.75, 3.05) is 13.7 Å². The van der Waals surface area contributed by atoms with Crippen molar-refractivity contribution in [1.82, 2.24) is 14.9 Å². The summed E-state index contributed by atoms with van der Waals surface area (Å²) in [6.45, 7) is 1.08. The fourth-order valence-electron chi connectivity index (χ4n) is 2.55. The lowest BCUT2D eigenvalue weighted by Gasteiger charge is -2.28. The number of H-pyrrole nitrogens is 1. The summed E-state index contributed by atoms with van der Waals surface area (Å²) in [5, 5.41) is 0. The molecule has 0 aliphatic carbocycles. The third-order valence-electron chi connectivity index (χ3n) is 3.57. The number of rotatable bonds is 3. The van der Waals surface area contributed by atoms with Crippen molar-refractivity contribution in [2.24, 2.45) is 0 Å². The molecule has 1 amide bonds. The number of aromatic amines is 1. The van der Waals surface area contributed by atoms with Gasteiger partial charge in [-0.1, -0.05) is 18.2 Å². The van der Waals surface area contributed by atoms with Gasteiger partial charge in [-0.25, -0.2) is 4.98 Å². The minimum absolute atomic E-state index is 0.108. The summed E-state index contributed by atoms with van der Waals surface area (Å²) in [4.78, 5) is 21.5. The number of nitrogens with zero attached hydrogens (tertiary/aromatic N) is 2. The van der Waals surface area contributed by atoms with E-state index < -0.39 is 0 Å². The second-order valence-corrected chi connectivity index (χ2v) is 4.96. The number of benzene rings is 1. The van der Waals surface area contributed by atoms with Crippen molar-refractivity contribution in [2.45, 2.75) is 18.9 Å². The first-order valence-corrected chi connectivity index (χ1v) is 6.70. The van der Waals surface area contributed by atoms with Crippen molar-refractivity contribution < 1.29 is 9.53 Å². The van der Waals surface area contributed by atoms with Crippen LogP contribution in [0, 0.1) is 0 Å². The Hall–Kier alpha value is -2.30. The van der Waals surface area contributed by atoms with E-state index in [0.29, 0.717) is 13.2 Å². The van der Waals surface area contributed by atoms with E-state index >= 15 is 0 Å². The third-order valence-corrected chi connectivity index (χ3v) is 3.57. The molecule has 1 atom stereocenters. The van der Waals surface area contributed by atoms with Crippen LogP contribution in [0.4, 0.5) is 0 Å². The average Bonchev–Trinajstić information content (AvgIpc) is 2.99. The van der Waals surface area contributed by atoms with Gasteiger partial charge in [-0.05, 0) is 12.5 Å². The van der Waals surface area contributed by atoms with Gasteiger partial charge in [-0.15, -0.1) is 0 Å². The number of carbonyl (C=O) groups is 1. The zero-order valence-corrected chi connectivity index (χ0v) is 11.4. The zero-order valence-electron chi connectivity index (χ0n) is 11.4. The molecule has 0 bridgehead atoms. The number of hydrogen-bond acceptors (Lipinski definition) is 3. The fourth-order valence-corrected chi connectivity index (χ4v) is 2.55. The van der Waals surface area contributed by atoms with Crippen molar-refractivity contribution in [3.05, 3.63) is 48.0 Å².